The van der Waals surface area contributed by atoms with E-state index in [1.165, 1.54) is 0 Å². The van der Waals surface area contributed by atoms with Crippen LogP contribution >= 0.6 is 0 Å². The molecule has 0 aliphatic carbocycles. The van der Waals surface area contributed by atoms with Crippen molar-refractivity contribution in [2.24, 2.45) is 0 Å². The molecule has 7 nitrogen and oxygen atoms in total. The molecule has 1 unspecified atom stereocenters. The number of hydrogen-bond acceptors (Lipinski definition) is 5. The molecule has 3 rings (SSSR count). The number of hydrogen-bond donors (Lipinski definition) is 1. The van der Waals surface area contributed by atoms with Crippen LogP contribution in [0.15, 0.2) is 45.9 Å². The predicted octanol–water partition coefficient (Wildman–Crippen LogP) is 3.29. The van der Waals surface area contributed by atoms with Crippen molar-refractivity contribution < 1.29 is 17.6 Å². The van der Waals surface area contributed by atoms with Crippen LogP contribution in [0.25, 0.3) is 0 Å². The summed E-state index contributed by atoms with van der Waals surface area (Å²) >= 11 is 0. The third kappa shape index (κ3) is 3.98. The summed E-state index contributed by atoms with van der Waals surface area (Å²) in [5, 5.41) is 4.50. The average Bonchev–Trinajstić information content (AvgIpc) is 3.25. The van der Waals surface area contributed by atoms with E-state index >= 15 is 0 Å². The molecule has 0 aliphatic rings. The predicted molar refractivity (Wildman–Crippen MR) is 106 cm³/mol. The molecule has 2 aromatic heterocycles. The summed E-state index contributed by atoms with van der Waals surface area (Å²) in [6.45, 7) is 7.59. The van der Waals surface area contributed by atoms with E-state index < -0.39 is 10.0 Å². The molecule has 8 heteroatoms. The van der Waals surface area contributed by atoms with Crippen LogP contribution in [0.1, 0.15) is 34.3 Å². The first-order chi connectivity index (χ1) is 13.2. The Balaban J connectivity index is 1.90. The summed E-state index contributed by atoms with van der Waals surface area (Å²) in [6, 6.07) is 8.37. The van der Waals surface area contributed by atoms with Gasteiger partial charge < -0.3 is 9.15 Å². The number of methoxy groups -OCH3 is 1. The van der Waals surface area contributed by atoms with Gasteiger partial charge in [-0.2, -0.15) is 5.10 Å². The summed E-state index contributed by atoms with van der Waals surface area (Å²) in [5.41, 5.74) is 3.32. The highest BCUT2D eigenvalue weighted by Gasteiger charge is 2.24. The number of aromatic nitrogens is 2. The number of benzene rings is 1. The fourth-order valence-electron chi connectivity index (χ4n) is 3.41. The lowest BCUT2D eigenvalue weighted by atomic mass is 10.1. The van der Waals surface area contributed by atoms with Crippen molar-refractivity contribution in [3.63, 3.8) is 0 Å². The van der Waals surface area contributed by atoms with Crippen LogP contribution in [-0.2, 0) is 10.0 Å². The Bertz CT molecular complexity index is 1050. The SMILES string of the molecule is COc1c(C)cc(S(=O)(=O)NCC(c2ccco2)n2nc(C)cc2C)cc1C. The van der Waals surface area contributed by atoms with Gasteiger partial charge in [-0.25, -0.2) is 13.1 Å². The van der Waals surface area contributed by atoms with Crippen molar-refractivity contribution in [3.8, 4) is 5.75 Å². The van der Waals surface area contributed by atoms with Crippen molar-refractivity contribution in [3.05, 3.63) is 64.9 Å². The van der Waals surface area contributed by atoms with Gasteiger partial charge in [-0.1, -0.05) is 0 Å². The third-order valence-electron chi connectivity index (χ3n) is 4.63. The van der Waals surface area contributed by atoms with E-state index in [1.807, 2.05) is 39.8 Å². The fourth-order valence-corrected chi connectivity index (χ4v) is 4.62. The molecule has 0 fully saturated rings. The van der Waals surface area contributed by atoms with Crippen molar-refractivity contribution in [1.82, 2.24) is 14.5 Å². The molecule has 0 saturated heterocycles. The van der Waals surface area contributed by atoms with Crippen LogP contribution in [0, 0.1) is 27.7 Å². The molecule has 0 amide bonds. The summed E-state index contributed by atoms with van der Waals surface area (Å²) in [6.07, 6.45) is 1.57. The summed E-state index contributed by atoms with van der Waals surface area (Å²) < 4.78 is 41.2. The first kappa shape index (κ1) is 20.2. The Morgan fingerprint density at radius 3 is 2.36 bits per heavy atom. The van der Waals surface area contributed by atoms with E-state index in [0.29, 0.717) is 11.5 Å². The maximum absolute atomic E-state index is 12.9. The number of ether oxygens (including phenoxy) is 1. The monoisotopic (exact) mass is 403 g/mol. The van der Waals surface area contributed by atoms with E-state index in [-0.39, 0.29) is 17.5 Å². The Kier molecular flexibility index (Phi) is 5.62. The van der Waals surface area contributed by atoms with Gasteiger partial charge in [-0.3, -0.25) is 4.68 Å². The van der Waals surface area contributed by atoms with E-state index in [0.717, 1.165) is 22.5 Å². The fraction of sp³-hybridized carbons (Fsp3) is 0.350. The van der Waals surface area contributed by atoms with Crippen molar-refractivity contribution in [2.45, 2.75) is 38.6 Å². The van der Waals surface area contributed by atoms with Gasteiger partial charge in [-0.05, 0) is 69.2 Å². The Labute approximate surface area is 165 Å². The van der Waals surface area contributed by atoms with E-state index in [9.17, 15) is 8.42 Å². The van der Waals surface area contributed by atoms with Crippen LogP contribution < -0.4 is 9.46 Å². The van der Waals surface area contributed by atoms with Crippen LogP contribution in [0.4, 0.5) is 0 Å². The molecule has 1 N–H and O–H groups in total. The van der Waals surface area contributed by atoms with Crippen molar-refractivity contribution in [1.29, 1.82) is 0 Å². The number of sulfonamides is 1. The lowest BCUT2D eigenvalue weighted by Gasteiger charge is -2.19. The van der Waals surface area contributed by atoms with Gasteiger partial charge >= 0.3 is 0 Å². The molecule has 3 aromatic rings. The number of furan rings is 1. The maximum atomic E-state index is 12.9. The topological polar surface area (TPSA) is 86.4 Å². The highest BCUT2D eigenvalue weighted by atomic mass is 32.2. The van der Waals surface area contributed by atoms with Gasteiger partial charge in [0.25, 0.3) is 0 Å². The second-order valence-corrected chi connectivity index (χ2v) is 8.61. The number of rotatable bonds is 7. The lowest BCUT2D eigenvalue weighted by molar-refractivity contribution is 0.396. The molecule has 1 aromatic carbocycles. The maximum Gasteiger partial charge on any atom is 0.240 e. The van der Waals surface area contributed by atoms with Crippen molar-refractivity contribution >= 4 is 10.0 Å². The molecule has 1 atom stereocenters. The summed E-state index contributed by atoms with van der Waals surface area (Å²) in [4.78, 5) is 0.204. The summed E-state index contributed by atoms with van der Waals surface area (Å²) in [7, 11) is -2.15. The first-order valence-corrected chi connectivity index (χ1v) is 10.4. The van der Waals surface area contributed by atoms with Crippen LogP contribution in [0.3, 0.4) is 0 Å². The third-order valence-corrected chi connectivity index (χ3v) is 6.03. The zero-order valence-electron chi connectivity index (χ0n) is 16.7. The minimum Gasteiger partial charge on any atom is -0.496 e. The smallest absolute Gasteiger partial charge is 0.240 e. The van der Waals surface area contributed by atoms with Gasteiger partial charge in [0.05, 0.1) is 24.0 Å². The number of nitrogens with one attached hydrogen (secondary N) is 1. The molecule has 0 radical (unpaired) electrons. The zero-order chi connectivity index (χ0) is 20.5. The normalized spacial score (nSPS) is 12.9. The molecular formula is C20H25N3O4S. The highest BCUT2D eigenvalue weighted by Crippen LogP contribution is 2.27. The lowest BCUT2D eigenvalue weighted by Crippen LogP contribution is -2.32. The molecule has 28 heavy (non-hydrogen) atoms. The molecule has 0 bridgehead atoms. The zero-order valence-corrected chi connectivity index (χ0v) is 17.5. The first-order valence-electron chi connectivity index (χ1n) is 8.94. The van der Waals surface area contributed by atoms with Gasteiger partial charge in [0.15, 0.2) is 0 Å². The number of aryl methyl sites for hydroxylation is 4. The largest absolute Gasteiger partial charge is 0.496 e. The second-order valence-electron chi connectivity index (χ2n) is 6.85. The van der Waals surface area contributed by atoms with Crippen LogP contribution in [-0.4, -0.2) is 31.9 Å². The Morgan fingerprint density at radius 1 is 1.18 bits per heavy atom. The Morgan fingerprint density at radius 2 is 1.86 bits per heavy atom. The second kappa shape index (κ2) is 7.81. The molecule has 150 valence electrons. The molecule has 0 spiro atoms. The van der Waals surface area contributed by atoms with Crippen LogP contribution in [0.2, 0.25) is 0 Å². The molecule has 0 saturated carbocycles. The van der Waals surface area contributed by atoms with E-state index in [2.05, 4.69) is 9.82 Å². The number of nitrogens with zero attached hydrogens (tertiary/aromatic N) is 2. The Hall–Kier alpha value is -2.58. The van der Waals surface area contributed by atoms with Gasteiger partial charge in [0.2, 0.25) is 10.0 Å². The average molecular weight is 404 g/mol. The van der Waals surface area contributed by atoms with Gasteiger partial charge in [-0.15, -0.1) is 0 Å². The van der Waals surface area contributed by atoms with Gasteiger partial charge in [0.1, 0.15) is 17.6 Å². The molecular weight excluding hydrogens is 378 g/mol. The quantitative estimate of drug-likeness (QED) is 0.654. The van der Waals surface area contributed by atoms with E-state index in [4.69, 9.17) is 9.15 Å². The minimum atomic E-state index is -3.72. The van der Waals surface area contributed by atoms with Crippen LogP contribution in [0.5, 0.6) is 5.75 Å². The van der Waals surface area contributed by atoms with E-state index in [1.54, 1.807) is 36.3 Å². The summed E-state index contributed by atoms with van der Waals surface area (Å²) in [5.74, 6) is 1.33. The molecule has 0 aliphatic heterocycles. The highest BCUT2D eigenvalue weighted by molar-refractivity contribution is 7.89. The molecule has 2 heterocycles. The van der Waals surface area contributed by atoms with Crippen molar-refractivity contribution in [2.75, 3.05) is 13.7 Å². The minimum absolute atomic E-state index is 0.113. The standard InChI is InChI=1S/C20H25N3O4S/c1-13-9-17(10-14(2)20(13)26-5)28(24,25)21-12-18(19-7-6-8-27-19)23-16(4)11-15(3)22-23/h6-11,18,21H,12H2,1-5H3. The van der Waals surface area contributed by atoms with Gasteiger partial charge in [0, 0.05) is 12.2 Å².